The van der Waals surface area contributed by atoms with E-state index in [1.54, 1.807) is 11.8 Å². The fraction of sp³-hybridized carbons (Fsp3) is 0.467. The fourth-order valence-corrected chi connectivity index (χ4v) is 4.35. The van der Waals surface area contributed by atoms with Crippen LogP contribution in [-0.4, -0.2) is 30.3 Å². The molecule has 104 valence electrons. The Bertz CT molecular complexity index is 575. The summed E-state index contributed by atoms with van der Waals surface area (Å²) < 4.78 is 5.75. The van der Waals surface area contributed by atoms with Crippen LogP contribution in [0.15, 0.2) is 29.2 Å². The number of hydrogen-bond donors (Lipinski definition) is 0. The molecule has 4 atom stereocenters. The molecule has 4 nitrogen and oxygen atoms in total. The van der Waals surface area contributed by atoms with E-state index in [2.05, 4.69) is 0 Å². The quantitative estimate of drug-likeness (QED) is 0.618. The van der Waals surface area contributed by atoms with Gasteiger partial charge >= 0.3 is 0 Å². The molecule has 4 rings (SSSR count). The maximum Gasteiger partial charge on any atom is 0.240 e. The van der Waals surface area contributed by atoms with E-state index in [9.17, 15) is 9.59 Å². The van der Waals surface area contributed by atoms with E-state index in [0.717, 1.165) is 23.4 Å². The van der Waals surface area contributed by atoms with Crippen molar-refractivity contribution >= 4 is 29.3 Å². The van der Waals surface area contributed by atoms with Gasteiger partial charge in [-0.1, -0.05) is 12.1 Å². The zero-order chi connectivity index (χ0) is 13.9. The van der Waals surface area contributed by atoms with Crippen LogP contribution in [0.5, 0.6) is 0 Å². The summed E-state index contributed by atoms with van der Waals surface area (Å²) in [6, 6.07) is 7.59. The Morgan fingerprint density at radius 3 is 2.30 bits per heavy atom. The van der Waals surface area contributed by atoms with Gasteiger partial charge in [0.05, 0.1) is 29.7 Å². The van der Waals surface area contributed by atoms with Crippen LogP contribution < -0.4 is 4.90 Å². The lowest BCUT2D eigenvalue weighted by molar-refractivity contribution is -0.124. The van der Waals surface area contributed by atoms with Crippen molar-refractivity contribution < 1.29 is 14.3 Å². The molecule has 0 radical (unpaired) electrons. The summed E-state index contributed by atoms with van der Waals surface area (Å²) in [7, 11) is 0. The van der Waals surface area contributed by atoms with Crippen LogP contribution in [0.1, 0.15) is 12.8 Å². The monoisotopic (exact) mass is 289 g/mol. The molecule has 2 bridgehead atoms. The van der Waals surface area contributed by atoms with Crippen LogP contribution in [0.2, 0.25) is 0 Å². The molecule has 3 saturated heterocycles. The number of thioether (sulfide) groups is 1. The lowest BCUT2D eigenvalue weighted by atomic mass is 9.81. The Balaban J connectivity index is 1.77. The van der Waals surface area contributed by atoms with E-state index in [-0.39, 0.29) is 35.9 Å². The third-order valence-electron chi connectivity index (χ3n) is 4.61. The predicted molar refractivity (Wildman–Crippen MR) is 75.6 cm³/mol. The molecule has 0 saturated carbocycles. The third-order valence-corrected chi connectivity index (χ3v) is 5.40. The standard InChI is InChI=1S/C15H15NO3S/c1-20-11-5-3-2-4-8(11)16-14(17)12-9-6-7-10(19-9)13(12)15(16)18/h2-5,9-10,12-13H,6-7H2,1H3/t9-,10-,12-,13+/m0/s1. The number of ether oxygens (including phenoxy) is 1. The van der Waals surface area contributed by atoms with Gasteiger partial charge in [0.2, 0.25) is 11.8 Å². The summed E-state index contributed by atoms with van der Waals surface area (Å²) in [5.74, 6) is -0.658. The summed E-state index contributed by atoms with van der Waals surface area (Å²) in [6.07, 6.45) is 3.67. The number of amides is 2. The molecule has 3 aliphatic rings. The van der Waals surface area contributed by atoms with E-state index in [1.807, 2.05) is 30.5 Å². The van der Waals surface area contributed by atoms with Crippen molar-refractivity contribution in [1.29, 1.82) is 0 Å². The number of benzene rings is 1. The zero-order valence-corrected chi connectivity index (χ0v) is 11.9. The molecule has 0 spiro atoms. The second-order valence-electron chi connectivity index (χ2n) is 5.53. The summed E-state index contributed by atoms with van der Waals surface area (Å²) >= 11 is 1.55. The minimum absolute atomic E-state index is 0.0482. The summed E-state index contributed by atoms with van der Waals surface area (Å²) in [5.41, 5.74) is 0.726. The first kappa shape index (κ1) is 12.4. The Kier molecular flexibility index (Phi) is 2.69. The van der Waals surface area contributed by atoms with Gasteiger partial charge in [0.25, 0.3) is 0 Å². The number of fused-ring (bicyclic) bond motifs is 5. The highest BCUT2D eigenvalue weighted by atomic mass is 32.2. The molecule has 5 heteroatoms. The molecule has 0 aliphatic carbocycles. The van der Waals surface area contributed by atoms with Crippen LogP contribution in [-0.2, 0) is 14.3 Å². The minimum Gasteiger partial charge on any atom is -0.373 e. The Hall–Kier alpha value is -1.33. The van der Waals surface area contributed by atoms with Gasteiger partial charge in [0.1, 0.15) is 0 Å². The average molecular weight is 289 g/mol. The minimum atomic E-state index is -0.254. The molecule has 0 aromatic heterocycles. The van der Waals surface area contributed by atoms with Crippen molar-refractivity contribution in [3.05, 3.63) is 24.3 Å². The van der Waals surface area contributed by atoms with E-state index in [4.69, 9.17) is 4.74 Å². The number of nitrogens with zero attached hydrogens (tertiary/aromatic N) is 1. The number of imide groups is 1. The second kappa shape index (κ2) is 4.33. The maximum absolute atomic E-state index is 12.7. The smallest absolute Gasteiger partial charge is 0.240 e. The largest absolute Gasteiger partial charge is 0.373 e. The molecule has 0 N–H and O–H groups in total. The molecule has 3 aliphatic heterocycles. The number of rotatable bonds is 2. The van der Waals surface area contributed by atoms with Crippen LogP contribution in [0.3, 0.4) is 0 Å². The molecule has 1 aromatic rings. The molecule has 3 heterocycles. The van der Waals surface area contributed by atoms with Gasteiger partial charge < -0.3 is 4.74 Å². The van der Waals surface area contributed by atoms with Gasteiger partial charge in [-0.3, -0.25) is 9.59 Å². The summed E-state index contributed by atoms with van der Waals surface area (Å²) in [5, 5.41) is 0. The zero-order valence-electron chi connectivity index (χ0n) is 11.1. The van der Waals surface area contributed by atoms with Gasteiger partial charge in [-0.2, -0.15) is 0 Å². The second-order valence-corrected chi connectivity index (χ2v) is 6.37. The first-order chi connectivity index (χ1) is 9.72. The van der Waals surface area contributed by atoms with E-state index in [0.29, 0.717) is 0 Å². The summed E-state index contributed by atoms with van der Waals surface area (Å²) in [4.78, 5) is 27.7. The molecule has 2 amide bonds. The van der Waals surface area contributed by atoms with Crippen LogP contribution >= 0.6 is 11.8 Å². The van der Waals surface area contributed by atoms with Crippen molar-refractivity contribution in [2.75, 3.05) is 11.2 Å². The number of anilines is 1. The highest BCUT2D eigenvalue weighted by molar-refractivity contribution is 7.98. The Morgan fingerprint density at radius 2 is 1.70 bits per heavy atom. The molecule has 1 aromatic carbocycles. The molecule has 20 heavy (non-hydrogen) atoms. The molecule has 0 unspecified atom stereocenters. The van der Waals surface area contributed by atoms with E-state index < -0.39 is 0 Å². The van der Waals surface area contributed by atoms with Crippen LogP contribution in [0.25, 0.3) is 0 Å². The van der Waals surface area contributed by atoms with E-state index in [1.165, 1.54) is 4.90 Å². The first-order valence-electron chi connectivity index (χ1n) is 6.88. The molecule has 3 fully saturated rings. The van der Waals surface area contributed by atoms with Crippen molar-refractivity contribution in [3.8, 4) is 0 Å². The molecular formula is C15H15NO3S. The lowest BCUT2D eigenvalue weighted by Crippen LogP contribution is -2.34. The highest BCUT2D eigenvalue weighted by Crippen LogP contribution is 2.50. The number of carbonyl (C=O) groups is 2. The van der Waals surface area contributed by atoms with Crippen molar-refractivity contribution in [2.45, 2.75) is 29.9 Å². The normalized spacial score (nSPS) is 35.0. The van der Waals surface area contributed by atoms with E-state index >= 15 is 0 Å². The predicted octanol–water partition coefficient (Wildman–Crippen LogP) is 2.08. The topological polar surface area (TPSA) is 46.6 Å². The summed E-state index contributed by atoms with van der Waals surface area (Å²) in [6.45, 7) is 0. The van der Waals surface area contributed by atoms with Gasteiger partial charge in [0, 0.05) is 4.90 Å². The average Bonchev–Trinajstić information content (AvgIpc) is 3.13. The van der Waals surface area contributed by atoms with Crippen LogP contribution in [0, 0.1) is 11.8 Å². The number of para-hydroxylation sites is 1. The number of hydrogen-bond acceptors (Lipinski definition) is 4. The SMILES string of the molecule is CSc1ccccc1N1C(=O)[C@@H]2[C@H](C1=O)[C@@H]1CC[C@@H]2O1. The van der Waals surface area contributed by atoms with Crippen molar-refractivity contribution in [1.82, 2.24) is 0 Å². The van der Waals surface area contributed by atoms with Gasteiger partial charge in [-0.05, 0) is 31.2 Å². The highest BCUT2D eigenvalue weighted by Gasteiger charge is 2.62. The Labute approximate surface area is 121 Å². The Morgan fingerprint density at radius 1 is 1.10 bits per heavy atom. The fourth-order valence-electron chi connectivity index (χ4n) is 3.76. The third kappa shape index (κ3) is 1.48. The number of carbonyl (C=O) groups excluding carboxylic acids is 2. The van der Waals surface area contributed by atoms with Crippen LogP contribution in [0.4, 0.5) is 5.69 Å². The molecular weight excluding hydrogens is 274 g/mol. The van der Waals surface area contributed by atoms with Gasteiger partial charge in [0.15, 0.2) is 0 Å². The lowest BCUT2D eigenvalue weighted by Gasteiger charge is -2.19. The maximum atomic E-state index is 12.7. The van der Waals surface area contributed by atoms with Crippen molar-refractivity contribution in [2.24, 2.45) is 11.8 Å². The van der Waals surface area contributed by atoms with Gasteiger partial charge in [-0.15, -0.1) is 11.8 Å². The van der Waals surface area contributed by atoms with Gasteiger partial charge in [-0.25, -0.2) is 4.90 Å². The first-order valence-corrected chi connectivity index (χ1v) is 8.11. The van der Waals surface area contributed by atoms with Crippen molar-refractivity contribution in [3.63, 3.8) is 0 Å².